The van der Waals surface area contributed by atoms with E-state index in [1.165, 1.54) is 34.4 Å². The number of rotatable bonds is 18. The van der Waals surface area contributed by atoms with Crippen LogP contribution in [0.2, 0.25) is 0 Å². The molecule has 7 heteroatoms. The van der Waals surface area contributed by atoms with Crippen molar-refractivity contribution in [3.05, 3.63) is 85.3 Å². The standard InChI is InChI=1S/C35H50N2O5/c1-8-9-10-11-22-36-32-25-30(37(39)40)18-19-31(32)33(41-23-20-28(6)16-12-14-26(2)3)34(35(36)38)42-24-21-29(7)17-13-15-27(4)5/h14-15,18-21,25H,8-13,16-17,22-24H2,1-7H3/b28-20+,29-21+. The Labute approximate surface area is 251 Å². The highest BCUT2D eigenvalue weighted by molar-refractivity contribution is 5.89. The third-order valence-corrected chi connectivity index (χ3v) is 7.11. The van der Waals surface area contributed by atoms with E-state index in [1.54, 1.807) is 10.6 Å². The van der Waals surface area contributed by atoms with Gasteiger partial charge in [0.2, 0.25) is 5.75 Å². The number of hydrogen-bond donors (Lipinski definition) is 0. The van der Waals surface area contributed by atoms with E-state index in [1.807, 2.05) is 12.2 Å². The highest BCUT2D eigenvalue weighted by Crippen LogP contribution is 2.35. The lowest BCUT2D eigenvalue weighted by atomic mass is 10.1. The minimum absolute atomic E-state index is 0.0613. The summed E-state index contributed by atoms with van der Waals surface area (Å²) in [7, 11) is 0. The van der Waals surface area contributed by atoms with Crippen LogP contribution in [0.3, 0.4) is 0 Å². The molecule has 42 heavy (non-hydrogen) atoms. The zero-order valence-corrected chi connectivity index (χ0v) is 26.8. The summed E-state index contributed by atoms with van der Waals surface area (Å²) in [4.78, 5) is 25.1. The van der Waals surface area contributed by atoms with Crippen molar-refractivity contribution in [3.63, 3.8) is 0 Å². The van der Waals surface area contributed by atoms with Gasteiger partial charge in [-0.05, 0) is 91.9 Å². The first-order valence-corrected chi connectivity index (χ1v) is 15.2. The van der Waals surface area contributed by atoms with Gasteiger partial charge in [0.15, 0.2) is 5.75 Å². The number of nitrogens with zero attached hydrogens (tertiary/aromatic N) is 2. The molecule has 230 valence electrons. The van der Waals surface area contributed by atoms with E-state index in [9.17, 15) is 14.9 Å². The van der Waals surface area contributed by atoms with Gasteiger partial charge in [-0.15, -0.1) is 0 Å². The molecule has 0 unspecified atom stereocenters. The van der Waals surface area contributed by atoms with Crippen LogP contribution in [-0.4, -0.2) is 22.7 Å². The number of pyridine rings is 1. The van der Waals surface area contributed by atoms with Gasteiger partial charge in [0.25, 0.3) is 11.2 Å². The summed E-state index contributed by atoms with van der Waals surface area (Å²) in [6.07, 6.45) is 16.1. The number of nitro benzene ring substituents is 1. The van der Waals surface area contributed by atoms with Crippen LogP contribution in [0.5, 0.6) is 11.5 Å². The number of benzene rings is 1. The Morgan fingerprint density at radius 1 is 0.833 bits per heavy atom. The first-order chi connectivity index (χ1) is 20.0. The predicted octanol–water partition coefficient (Wildman–Crippen LogP) is 9.63. The predicted molar refractivity (Wildman–Crippen MR) is 175 cm³/mol. The molecule has 0 saturated heterocycles. The largest absolute Gasteiger partial charge is 0.485 e. The quantitative estimate of drug-likeness (QED) is 0.0761. The molecule has 0 aliphatic heterocycles. The summed E-state index contributed by atoms with van der Waals surface area (Å²) in [5, 5.41) is 12.3. The number of fused-ring (bicyclic) bond motifs is 1. The van der Waals surface area contributed by atoms with Crippen molar-refractivity contribution in [1.82, 2.24) is 4.57 Å². The number of aryl methyl sites for hydroxylation is 1. The van der Waals surface area contributed by atoms with Crippen molar-refractivity contribution >= 4 is 16.6 Å². The van der Waals surface area contributed by atoms with Gasteiger partial charge in [0.05, 0.1) is 10.4 Å². The summed E-state index contributed by atoms with van der Waals surface area (Å²) in [6.45, 7) is 15.6. The number of aromatic nitrogens is 1. The van der Waals surface area contributed by atoms with Crippen LogP contribution in [0.1, 0.15) is 99.8 Å². The van der Waals surface area contributed by atoms with Gasteiger partial charge >= 0.3 is 0 Å². The Morgan fingerprint density at radius 2 is 1.40 bits per heavy atom. The zero-order valence-electron chi connectivity index (χ0n) is 26.8. The summed E-state index contributed by atoms with van der Waals surface area (Å²) in [5.41, 5.74) is 5.06. The first-order valence-electron chi connectivity index (χ1n) is 15.2. The summed E-state index contributed by atoms with van der Waals surface area (Å²) in [5.74, 6) is 0.481. The number of hydrogen-bond acceptors (Lipinski definition) is 5. The van der Waals surface area contributed by atoms with E-state index in [0.717, 1.165) is 51.4 Å². The number of nitro groups is 1. The summed E-state index contributed by atoms with van der Waals surface area (Å²) < 4.78 is 14.0. The molecule has 0 spiro atoms. The van der Waals surface area contributed by atoms with E-state index in [0.29, 0.717) is 23.2 Å². The second-order valence-corrected chi connectivity index (χ2v) is 11.5. The van der Waals surface area contributed by atoms with Crippen molar-refractivity contribution in [2.75, 3.05) is 13.2 Å². The van der Waals surface area contributed by atoms with Crippen molar-refractivity contribution in [3.8, 4) is 11.5 Å². The minimum Gasteiger partial charge on any atom is -0.485 e. The molecule has 1 aromatic carbocycles. The first kappa shape index (κ1) is 34.6. The normalized spacial score (nSPS) is 11.9. The van der Waals surface area contributed by atoms with Crippen LogP contribution >= 0.6 is 0 Å². The maximum Gasteiger partial charge on any atom is 0.297 e. The Bertz CT molecular complexity index is 1370. The Kier molecular flexibility index (Phi) is 14.9. The smallest absolute Gasteiger partial charge is 0.297 e. The lowest BCUT2D eigenvalue weighted by Gasteiger charge is -2.18. The lowest BCUT2D eigenvalue weighted by Crippen LogP contribution is -2.24. The molecular weight excluding hydrogens is 528 g/mol. The fourth-order valence-electron chi connectivity index (χ4n) is 4.61. The molecule has 0 bridgehead atoms. The average molecular weight is 579 g/mol. The van der Waals surface area contributed by atoms with Crippen LogP contribution in [-0.2, 0) is 6.54 Å². The highest BCUT2D eigenvalue weighted by atomic mass is 16.6. The summed E-state index contributed by atoms with van der Waals surface area (Å²) in [6, 6.07) is 4.60. The van der Waals surface area contributed by atoms with Crippen molar-refractivity contribution < 1.29 is 14.4 Å². The number of unbranched alkanes of at least 4 members (excludes halogenated alkanes) is 3. The number of non-ortho nitro benzene ring substituents is 1. The van der Waals surface area contributed by atoms with Crippen LogP contribution < -0.4 is 15.0 Å². The molecule has 0 amide bonds. The molecule has 0 fully saturated rings. The number of ether oxygens (including phenoxy) is 2. The van der Waals surface area contributed by atoms with Gasteiger partial charge in [-0.3, -0.25) is 14.9 Å². The molecule has 0 radical (unpaired) electrons. The molecule has 0 N–H and O–H groups in total. The van der Waals surface area contributed by atoms with E-state index in [2.05, 4.69) is 60.6 Å². The average Bonchev–Trinajstić information content (AvgIpc) is 2.92. The molecule has 0 aliphatic carbocycles. The van der Waals surface area contributed by atoms with Crippen LogP contribution in [0.25, 0.3) is 10.9 Å². The maximum atomic E-state index is 13.9. The van der Waals surface area contributed by atoms with E-state index < -0.39 is 4.92 Å². The Morgan fingerprint density at radius 3 is 1.93 bits per heavy atom. The van der Waals surface area contributed by atoms with E-state index >= 15 is 0 Å². The maximum absolute atomic E-state index is 13.9. The lowest BCUT2D eigenvalue weighted by molar-refractivity contribution is -0.384. The zero-order chi connectivity index (χ0) is 31.1. The molecular formula is C35H50N2O5. The van der Waals surface area contributed by atoms with Gasteiger partial charge in [-0.1, -0.05) is 60.6 Å². The minimum atomic E-state index is -0.433. The van der Waals surface area contributed by atoms with Gasteiger partial charge in [0.1, 0.15) is 13.2 Å². The van der Waals surface area contributed by atoms with E-state index in [-0.39, 0.29) is 30.2 Å². The topological polar surface area (TPSA) is 83.6 Å². The molecule has 1 heterocycles. The second kappa shape index (κ2) is 18.0. The van der Waals surface area contributed by atoms with Crippen molar-refractivity contribution in [1.29, 1.82) is 0 Å². The van der Waals surface area contributed by atoms with Crippen molar-refractivity contribution in [2.24, 2.45) is 0 Å². The molecule has 0 saturated carbocycles. The molecule has 1 aromatic heterocycles. The fourth-order valence-corrected chi connectivity index (χ4v) is 4.61. The van der Waals surface area contributed by atoms with Crippen LogP contribution in [0.4, 0.5) is 5.69 Å². The molecule has 2 aromatic rings. The SMILES string of the molecule is CCCCCCn1c(=O)c(OC/C=C(\C)CCC=C(C)C)c(OC/C=C(\C)CCC=C(C)C)c2ccc([N+](=O)[O-])cc21. The van der Waals surface area contributed by atoms with Gasteiger partial charge in [0, 0.05) is 24.1 Å². The van der Waals surface area contributed by atoms with Crippen LogP contribution in [0, 0.1) is 10.1 Å². The van der Waals surface area contributed by atoms with Gasteiger partial charge < -0.3 is 14.0 Å². The highest BCUT2D eigenvalue weighted by Gasteiger charge is 2.21. The summed E-state index contributed by atoms with van der Waals surface area (Å²) >= 11 is 0. The van der Waals surface area contributed by atoms with Crippen LogP contribution in [0.15, 0.2) is 69.6 Å². The molecule has 0 aliphatic rings. The third kappa shape index (κ3) is 11.3. The van der Waals surface area contributed by atoms with Gasteiger partial charge in [-0.25, -0.2) is 0 Å². The Hall–Kier alpha value is -3.61. The molecule has 2 rings (SSSR count). The fraction of sp³-hybridized carbons (Fsp3) is 0.514. The monoisotopic (exact) mass is 578 g/mol. The third-order valence-electron chi connectivity index (χ3n) is 7.11. The Balaban J connectivity index is 2.51. The van der Waals surface area contributed by atoms with Crippen molar-refractivity contribution in [2.45, 2.75) is 106 Å². The number of allylic oxidation sites excluding steroid dienone is 6. The molecule has 0 atom stereocenters. The molecule has 7 nitrogen and oxygen atoms in total. The van der Waals surface area contributed by atoms with Gasteiger partial charge in [-0.2, -0.15) is 0 Å². The second-order valence-electron chi connectivity index (χ2n) is 11.5. The van der Waals surface area contributed by atoms with E-state index in [4.69, 9.17) is 9.47 Å².